The highest BCUT2D eigenvalue weighted by molar-refractivity contribution is 6.34. The number of hydrogen-bond donors (Lipinski definition) is 0. The first-order valence-electron chi connectivity index (χ1n) is 9.80. The molecule has 4 rings (SSSR count). The minimum absolute atomic E-state index is 0.0995. The number of aromatic nitrogens is 4. The zero-order chi connectivity index (χ0) is 23.0. The van der Waals surface area contributed by atoms with Gasteiger partial charge in [0.05, 0.1) is 40.6 Å². The normalized spacial score (nSPS) is 13.9. The minimum atomic E-state index is -4.66. The van der Waals surface area contributed by atoms with Crippen LogP contribution in [-0.4, -0.2) is 43.8 Å². The molecule has 0 N–H and O–H groups in total. The fourth-order valence-electron chi connectivity index (χ4n) is 3.72. The SMILES string of the molecule is Cc1nc2c(c(-c3ccn(CCF)n3)n1)CCN(C(=O)c1cccc(C(F)(F)F)c1Cl)C2. The number of nitrogens with zero attached hydrogens (tertiary/aromatic N) is 5. The second kappa shape index (κ2) is 8.50. The highest BCUT2D eigenvalue weighted by atomic mass is 35.5. The van der Waals surface area contributed by atoms with E-state index in [0.717, 1.165) is 17.7 Å². The largest absolute Gasteiger partial charge is 0.417 e. The molecule has 0 atom stereocenters. The van der Waals surface area contributed by atoms with E-state index in [-0.39, 0.29) is 25.2 Å². The van der Waals surface area contributed by atoms with Crippen LogP contribution in [0.1, 0.15) is 33.0 Å². The van der Waals surface area contributed by atoms with Crippen molar-refractivity contribution in [2.75, 3.05) is 13.2 Å². The van der Waals surface area contributed by atoms with Crippen molar-refractivity contribution >= 4 is 17.5 Å². The second-order valence-corrected chi connectivity index (χ2v) is 7.72. The summed E-state index contributed by atoms with van der Waals surface area (Å²) in [7, 11) is 0. The molecule has 0 unspecified atom stereocenters. The molecular formula is C21H18ClF4N5O. The molecule has 32 heavy (non-hydrogen) atoms. The standard InChI is InChI=1S/C21H18ClF4N5O/c1-12-27-17-11-30(20(32)14-3-2-4-15(18(14)22)21(24,25)26)8-5-13(17)19(28-12)16-6-9-31(29-16)10-7-23/h2-4,6,9H,5,7-8,10-11H2,1H3. The number of alkyl halides is 4. The molecule has 0 aliphatic carbocycles. The number of amides is 1. The van der Waals surface area contributed by atoms with Gasteiger partial charge in [-0.1, -0.05) is 17.7 Å². The average Bonchev–Trinajstić information content (AvgIpc) is 3.20. The van der Waals surface area contributed by atoms with Crippen LogP contribution in [0.4, 0.5) is 17.6 Å². The molecule has 1 amide bonds. The van der Waals surface area contributed by atoms with Crippen molar-refractivity contribution in [3.05, 3.63) is 63.7 Å². The van der Waals surface area contributed by atoms with Gasteiger partial charge in [-0.25, -0.2) is 14.4 Å². The molecule has 0 saturated heterocycles. The third kappa shape index (κ3) is 4.19. The van der Waals surface area contributed by atoms with Crippen LogP contribution in [0.25, 0.3) is 11.4 Å². The van der Waals surface area contributed by atoms with Crippen molar-refractivity contribution in [2.45, 2.75) is 32.6 Å². The Kier molecular flexibility index (Phi) is 5.89. The second-order valence-electron chi connectivity index (χ2n) is 7.34. The predicted molar refractivity (Wildman–Crippen MR) is 109 cm³/mol. The van der Waals surface area contributed by atoms with E-state index in [9.17, 15) is 22.4 Å². The number of benzene rings is 1. The predicted octanol–water partition coefficient (Wildman–Crippen LogP) is 4.49. The fourth-order valence-corrected chi connectivity index (χ4v) is 4.04. The van der Waals surface area contributed by atoms with Gasteiger partial charge in [-0.15, -0.1) is 0 Å². The van der Waals surface area contributed by atoms with E-state index in [2.05, 4.69) is 15.1 Å². The van der Waals surface area contributed by atoms with E-state index in [0.29, 0.717) is 29.3 Å². The number of fused-ring (bicyclic) bond motifs is 1. The Balaban J connectivity index is 1.65. The van der Waals surface area contributed by atoms with E-state index >= 15 is 0 Å². The Morgan fingerprint density at radius 2 is 2.00 bits per heavy atom. The zero-order valence-electron chi connectivity index (χ0n) is 17.0. The molecule has 2 aromatic heterocycles. The lowest BCUT2D eigenvalue weighted by Crippen LogP contribution is -2.37. The molecule has 168 valence electrons. The maximum Gasteiger partial charge on any atom is 0.417 e. The Bertz CT molecular complexity index is 1180. The highest BCUT2D eigenvalue weighted by Crippen LogP contribution is 2.37. The van der Waals surface area contributed by atoms with Crippen LogP contribution < -0.4 is 0 Å². The molecule has 3 aromatic rings. The quantitative estimate of drug-likeness (QED) is 0.530. The number of aryl methyl sites for hydroxylation is 2. The topological polar surface area (TPSA) is 63.9 Å². The van der Waals surface area contributed by atoms with Gasteiger partial charge in [0, 0.05) is 18.3 Å². The summed E-state index contributed by atoms with van der Waals surface area (Å²) < 4.78 is 53.6. The molecule has 3 heterocycles. The smallest absolute Gasteiger partial charge is 0.332 e. The highest BCUT2D eigenvalue weighted by Gasteiger charge is 2.36. The Hall–Kier alpha value is -3.01. The lowest BCUT2D eigenvalue weighted by Gasteiger charge is -2.29. The van der Waals surface area contributed by atoms with Gasteiger partial charge in [0.2, 0.25) is 0 Å². The van der Waals surface area contributed by atoms with Gasteiger partial charge in [-0.3, -0.25) is 9.48 Å². The molecule has 0 spiro atoms. The van der Waals surface area contributed by atoms with E-state index in [4.69, 9.17) is 11.6 Å². The number of hydrogen-bond acceptors (Lipinski definition) is 4. The van der Waals surface area contributed by atoms with Gasteiger partial charge in [0.1, 0.15) is 18.2 Å². The van der Waals surface area contributed by atoms with E-state index in [1.165, 1.54) is 15.6 Å². The first kappa shape index (κ1) is 22.2. The molecular weight excluding hydrogens is 450 g/mol. The molecule has 0 radical (unpaired) electrons. The lowest BCUT2D eigenvalue weighted by molar-refractivity contribution is -0.137. The average molecular weight is 468 g/mol. The summed E-state index contributed by atoms with van der Waals surface area (Å²) in [6.07, 6.45) is -2.61. The summed E-state index contributed by atoms with van der Waals surface area (Å²) in [5.74, 6) is -0.137. The number of carbonyl (C=O) groups excluding carboxylic acids is 1. The first-order valence-corrected chi connectivity index (χ1v) is 10.2. The molecule has 0 saturated carbocycles. The summed E-state index contributed by atoms with van der Waals surface area (Å²) in [5, 5.41) is 3.73. The van der Waals surface area contributed by atoms with Crippen LogP contribution in [0.2, 0.25) is 5.02 Å². The molecule has 1 aliphatic rings. The Morgan fingerprint density at radius 1 is 1.22 bits per heavy atom. The van der Waals surface area contributed by atoms with Crippen LogP contribution in [0.5, 0.6) is 0 Å². The third-order valence-electron chi connectivity index (χ3n) is 5.20. The summed E-state index contributed by atoms with van der Waals surface area (Å²) in [6.45, 7) is 1.64. The maximum atomic E-state index is 13.2. The van der Waals surface area contributed by atoms with Crippen molar-refractivity contribution < 1.29 is 22.4 Å². The third-order valence-corrected chi connectivity index (χ3v) is 5.60. The van der Waals surface area contributed by atoms with Crippen LogP contribution >= 0.6 is 11.6 Å². The summed E-state index contributed by atoms with van der Waals surface area (Å²) in [5.41, 5.74) is 1.32. The van der Waals surface area contributed by atoms with Crippen LogP contribution in [0.3, 0.4) is 0 Å². The van der Waals surface area contributed by atoms with E-state index < -0.39 is 29.3 Å². The molecule has 11 heteroatoms. The molecule has 1 aliphatic heterocycles. The van der Waals surface area contributed by atoms with Crippen molar-refractivity contribution in [2.24, 2.45) is 0 Å². The van der Waals surface area contributed by atoms with E-state index in [1.54, 1.807) is 19.2 Å². The van der Waals surface area contributed by atoms with Gasteiger partial charge in [-0.2, -0.15) is 18.3 Å². The molecule has 0 fully saturated rings. The monoisotopic (exact) mass is 467 g/mol. The summed E-state index contributed by atoms with van der Waals surface area (Å²) in [4.78, 5) is 23.3. The number of halogens is 5. The van der Waals surface area contributed by atoms with Crippen LogP contribution in [-0.2, 0) is 25.7 Å². The van der Waals surface area contributed by atoms with Gasteiger partial charge in [0.15, 0.2) is 0 Å². The molecule has 6 nitrogen and oxygen atoms in total. The lowest BCUT2D eigenvalue weighted by atomic mass is 10.00. The molecule has 1 aromatic carbocycles. The van der Waals surface area contributed by atoms with Gasteiger partial charge < -0.3 is 4.90 Å². The first-order chi connectivity index (χ1) is 15.2. The van der Waals surface area contributed by atoms with Crippen molar-refractivity contribution in [3.8, 4) is 11.4 Å². The molecule has 0 bridgehead atoms. The Morgan fingerprint density at radius 3 is 2.72 bits per heavy atom. The van der Waals surface area contributed by atoms with Crippen molar-refractivity contribution in [1.82, 2.24) is 24.6 Å². The number of rotatable bonds is 4. The summed E-state index contributed by atoms with van der Waals surface area (Å²) >= 11 is 5.94. The van der Waals surface area contributed by atoms with Crippen molar-refractivity contribution in [3.63, 3.8) is 0 Å². The van der Waals surface area contributed by atoms with Crippen LogP contribution in [0, 0.1) is 6.92 Å². The summed E-state index contributed by atoms with van der Waals surface area (Å²) in [6, 6.07) is 5.02. The van der Waals surface area contributed by atoms with Crippen LogP contribution in [0.15, 0.2) is 30.5 Å². The van der Waals surface area contributed by atoms with E-state index in [1.807, 2.05) is 0 Å². The van der Waals surface area contributed by atoms with Gasteiger partial charge in [-0.05, 0) is 31.5 Å². The van der Waals surface area contributed by atoms with Crippen molar-refractivity contribution in [1.29, 1.82) is 0 Å². The maximum absolute atomic E-state index is 13.2. The minimum Gasteiger partial charge on any atom is -0.332 e. The van der Waals surface area contributed by atoms with Gasteiger partial charge in [0.25, 0.3) is 5.91 Å². The van der Waals surface area contributed by atoms with Gasteiger partial charge >= 0.3 is 6.18 Å². The number of carbonyl (C=O) groups is 1. The fraction of sp³-hybridized carbons (Fsp3) is 0.333. The Labute approximate surface area is 185 Å². The zero-order valence-corrected chi connectivity index (χ0v) is 17.7.